The van der Waals surface area contributed by atoms with E-state index in [-0.39, 0.29) is 42.8 Å². The number of urea groups is 1. The number of nitrogens with zero attached hydrogens (tertiary/aromatic N) is 1. The number of carbonyl (C=O) groups excluding carboxylic acids is 2. The highest BCUT2D eigenvalue weighted by atomic mass is 16.5. The molecule has 0 aromatic carbocycles. The van der Waals surface area contributed by atoms with Gasteiger partial charge < -0.3 is 30.7 Å². The second kappa shape index (κ2) is 12.2. The Morgan fingerprint density at radius 1 is 1.18 bits per heavy atom. The van der Waals surface area contributed by atoms with Crippen molar-refractivity contribution in [3.8, 4) is 0 Å². The van der Waals surface area contributed by atoms with Gasteiger partial charge in [0.05, 0.1) is 18.8 Å². The monoisotopic (exact) mass is 398 g/mol. The lowest BCUT2D eigenvalue weighted by atomic mass is 9.97. The van der Waals surface area contributed by atoms with Crippen molar-refractivity contribution in [2.24, 2.45) is 0 Å². The minimum Gasteiger partial charge on any atom is -0.394 e. The van der Waals surface area contributed by atoms with Crippen LogP contribution < -0.4 is 16.0 Å². The smallest absolute Gasteiger partial charge is 0.314 e. The summed E-state index contributed by atoms with van der Waals surface area (Å²) in [6.45, 7) is 7.21. The molecule has 2 aliphatic rings. The second-order valence-electron chi connectivity index (χ2n) is 8.23. The number of rotatable bonds is 9. The van der Waals surface area contributed by atoms with E-state index in [1.807, 2.05) is 13.8 Å². The lowest BCUT2D eigenvalue weighted by Gasteiger charge is -2.36. The quantitative estimate of drug-likeness (QED) is 0.464. The first-order valence-electron chi connectivity index (χ1n) is 10.8. The predicted octanol–water partition coefficient (Wildman–Crippen LogP) is 0.985. The molecule has 2 fully saturated rings. The van der Waals surface area contributed by atoms with E-state index >= 15 is 0 Å². The molecule has 0 spiro atoms. The maximum atomic E-state index is 12.3. The summed E-state index contributed by atoms with van der Waals surface area (Å²) < 4.78 is 5.96. The molecule has 3 atom stereocenters. The van der Waals surface area contributed by atoms with Crippen LogP contribution >= 0.6 is 0 Å². The molecule has 2 rings (SSSR count). The standard InChI is InChI=1S/C20H38N4O4/c1-15(2)22-20(27)21-10-8-16-6-7-17(18(14-25)28-16)23-19(26)9-13-24-11-4-3-5-12-24/h15-18,25H,3-14H2,1-2H3,(H,23,26)(H2,21,22,27)/t16-,17+,18+/m1/s1. The molecule has 0 aromatic rings. The van der Waals surface area contributed by atoms with Crippen molar-refractivity contribution in [3.63, 3.8) is 0 Å². The molecule has 2 aliphatic heterocycles. The predicted molar refractivity (Wildman–Crippen MR) is 108 cm³/mol. The van der Waals surface area contributed by atoms with E-state index in [1.54, 1.807) is 0 Å². The van der Waals surface area contributed by atoms with E-state index in [0.717, 1.165) is 32.5 Å². The summed E-state index contributed by atoms with van der Waals surface area (Å²) in [7, 11) is 0. The van der Waals surface area contributed by atoms with Crippen molar-refractivity contribution in [1.82, 2.24) is 20.9 Å². The highest BCUT2D eigenvalue weighted by molar-refractivity contribution is 5.76. The van der Waals surface area contributed by atoms with E-state index in [4.69, 9.17) is 4.74 Å². The average molecular weight is 399 g/mol. The summed E-state index contributed by atoms with van der Waals surface area (Å²) in [4.78, 5) is 26.3. The van der Waals surface area contributed by atoms with Gasteiger partial charge in [0.25, 0.3) is 0 Å². The van der Waals surface area contributed by atoms with E-state index in [1.165, 1.54) is 19.3 Å². The molecule has 0 radical (unpaired) electrons. The minimum absolute atomic E-state index is 0.0157. The molecule has 2 heterocycles. The first-order chi connectivity index (χ1) is 13.5. The van der Waals surface area contributed by atoms with Crippen LogP contribution in [0, 0.1) is 0 Å². The van der Waals surface area contributed by atoms with Gasteiger partial charge in [-0.1, -0.05) is 6.42 Å². The van der Waals surface area contributed by atoms with Crippen LogP contribution in [0.4, 0.5) is 4.79 Å². The van der Waals surface area contributed by atoms with Crippen LogP contribution in [0.3, 0.4) is 0 Å². The van der Waals surface area contributed by atoms with E-state index in [2.05, 4.69) is 20.9 Å². The fourth-order valence-electron chi connectivity index (χ4n) is 3.89. The first-order valence-corrected chi connectivity index (χ1v) is 10.8. The number of carbonyl (C=O) groups is 2. The molecule has 28 heavy (non-hydrogen) atoms. The SMILES string of the molecule is CC(C)NC(=O)NCC[C@H]1CC[C@H](NC(=O)CCN2CCCCC2)[C@H](CO)O1. The van der Waals surface area contributed by atoms with Crippen LogP contribution in [0.1, 0.15) is 58.8 Å². The molecule has 0 aliphatic carbocycles. The number of nitrogens with one attached hydrogen (secondary N) is 3. The van der Waals surface area contributed by atoms with Crippen molar-refractivity contribution >= 4 is 11.9 Å². The van der Waals surface area contributed by atoms with Gasteiger partial charge in [0.15, 0.2) is 0 Å². The molecule has 3 amide bonds. The Labute approximate surface area is 168 Å². The van der Waals surface area contributed by atoms with E-state index in [0.29, 0.717) is 19.4 Å². The van der Waals surface area contributed by atoms with Crippen molar-refractivity contribution in [3.05, 3.63) is 0 Å². The van der Waals surface area contributed by atoms with E-state index in [9.17, 15) is 14.7 Å². The maximum Gasteiger partial charge on any atom is 0.314 e. The van der Waals surface area contributed by atoms with Gasteiger partial charge in [0, 0.05) is 25.6 Å². The molecule has 0 bridgehead atoms. The normalized spacial score (nSPS) is 26.1. The van der Waals surface area contributed by atoms with Gasteiger partial charge in [-0.15, -0.1) is 0 Å². The zero-order chi connectivity index (χ0) is 20.4. The molecule has 0 unspecified atom stereocenters. The van der Waals surface area contributed by atoms with Gasteiger partial charge in [0.2, 0.25) is 5.91 Å². The summed E-state index contributed by atoms with van der Waals surface area (Å²) in [5.41, 5.74) is 0. The summed E-state index contributed by atoms with van der Waals surface area (Å²) >= 11 is 0. The van der Waals surface area contributed by atoms with Crippen LogP contribution in [0.25, 0.3) is 0 Å². The molecule has 4 N–H and O–H groups in total. The van der Waals surface area contributed by atoms with Gasteiger partial charge in [-0.05, 0) is 59.0 Å². The number of hydrogen-bond donors (Lipinski definition) is 4. The Bertz CT molecular complexity index is 483. The van der Waals surface area contributed by atoms with Crippen molar-refractivity contribution in [2.75, 3.05) is 32.8 Å². The lowest BCUT2D eigenvalue weighted by molar-refractivity contribution is -0.128. The number of aliphatic hydroxyl groups excluding tert-OH is 1. The molecule has 2 saturated heterocycles. The third-order valence-electron chi connectivity index (χ3n) is 5.42. The summed E-state index contributed by atoms with van der Waals surface area (Å²) in [5, 5.41) is 18.3. The molecule has 162 valence electrons. The highest BCUT2D eigenvalue weighted by Gasteiger charge is 2.31. The molecular weight excluding hydrogens is 360 g/mol. The number of piperidine rings is 1. The topological polar surface area (TPSA) is 103 Å². The number of likely N-dealkylation sites (tertiary alicyclic amines) is 1. The minimum atomic E-state index is -0.387. The summed E-state index contributed by atoms with van der Waals surface area (Å²) in [6.07, 6.45) is 6.11. The van der Waals surface area contributed by atoms with Gasteiger partial charge >= 0.3 is 6.03 Å². The molecule has 8 nitrogen and oxygen atoms in total. The van der Waals surface area contributed by atoms with Crippen LogP contribution in [0.2, 0.25) is 0 Å². The van der Waals surface area contributed by atoms with Gasteiger partial charge in [-0.25, -0.2) is 4.79 Å². The zero-order valence-electron chi connectivity index (χ0n) is 17.4. The third kappa shape index (κ3) is 8.32. The zero-order valence-corrected chi connectivity index (χ0v) is 17.4. The van der Waals surface area contributed by atoms with Crippen molar-refractivity contribution in [2.45, 2.75) is 83.1 Å². The Hall–Kier alpha value is -1.38. The summed E-state index contributed by atoms with van der Waals surface area (Å²) in [5.74, 6) is 0.0306. The van der Waals surface area contributed by atoms with Crippen LogP contribution in [-0.2, 0) is 9.53 Å². The van der Waals surface area contributed by atoms with Crippen molar-refractivity contribution < 1.29 is 19.4 Å². The van der Waals surface area contributed by atoms with Crippen LogP contribution in [0.5, 0.6) is 0 Å². The van der Waals surface area contributed by atoms with Gasteiger partial charge in [0.1, 0.15) is 6.10 Å². The van der Waals surface area contributed by atoms with Crippen molar-refractivity contribution in [1.29, 1.82) is 0 Å². The fourth-order valence-corrected chi connectivity index (χ4v) is 3.89. The van der Waals surface area contributed by atoms with Gasteiger partial charge in [-0.3, -0.25) is 4.79 Å². The number of ether oxygens (including phenoxy) is 1. The number of aliphatic hydroxyl groups is 1. The highest BCUT2D eigenvalue weighted by Crippen LogP contribution is 2.22. The average Bonchev–Trinajstić information content (AvgIpc) is 2.67. The molecular formula is C20H38N4O4. The third-order valence-corrected chi connectivity index (χ3v) is 5.42. The summed E-state index contributed by atoms with van der Waals surface area (Å²) in [6, 6.07) is -0.223. The lowest BCUT2D eigenvalue weighted by Crippen LogP contribution is -2.51. The second-order valence-corrected chi connectivity index (χ2v) is 8.23. The Morgan fingerprint density at radius 3 is 2.61 bits per heavy atom. The number of amides is 3. The van der Waals surface area contributed by atoms with E-state index < -0.39 is 0 Å². The molecule has 0 saturated carbocycles. The fraction of sp³-hybridized carbons (Fsp3) is 0.900. The van der Waals surface area contributed by atoms with Crippen LogP contribution in [0.15, 0.2) is 0 Å². The molecule has 8 heteroatoms. The maximum absolute atomic E-state index is 12.3. The largest absolute Gasteiger partial charge is 0.394 e. The number of hydrogen-bond acceptors (Lipinski definition) is 5. The van der Waals surface area contributed by atoms with Gasteiger partial charge in [-0.2, -0.15) is 0 Å². The Morgan fingerprint density at radius 2 is 1.93 bits per heavy atom. The van der Waals surface area contributed by atoms with Crippen LogP contribution in [-0.4, -0.2) is 79.0 Å². The first kappa shape index (κ1) is 22.9. The molecule has 0 aromatic heterocycles. The Balaban J connectivity index is 1.65. The Kier molecular flexibility index (Phi) is 10.0.